The number of benzene rings is 1. The molecule has 4 heteroatoms. The van der Waals surface area contributed by atoms with Crippen LogP contribution in [-0.4, -0.2) is 25.8 Å². The number of hydrogen-bond acceptors (Lipinski definition) is 4. The van der Waals surface area contributed by atoms with Gasteiger partial charge in [0.25, 0.3) is 0 Å². The number of thiazole rings is 1. The van der Waals surface area contributed by atoms with Crippen LogP contribution in [0.15, 0.2) is 24.3 Å². The molecule has 0 spiro atoms. The number of hydrogen-bond donors (Lipinski definition) is 0. The Kier molecular flexibility index (Phi) is 3.30. The van der Waals surface area contributed by atoms with Gasteiger partial charge in [-0.3, -0.25) is 0 Å². The number of nitrogens with zero attached hydrogens (tertiary/aromatic N) is 1. The molecule has 2 aromatic rings. The van der Waals surface area contributed by atoms with Crippen molar-refractivity contribution in [2.24, 2.45) is 0 Å². The predicted molar refractivity (Wildman–Crippen MR) is 61.2 cm³/mol. The molecule has 0 saturated heterocycles. The fraction of sp³-hybridized carbons (Fsp3) is 0.364. The normalized spacial score (nSPS) is 13.2. The molecule has 0 aliphatic heterocycles. The molecule has 0 aliphatic carbocycles. The second-order valence-corrected chi connectivity index (χ2v) is 4.26. The molecule has 1 heterocycles. The molecule has 0 N–H and O–H groups in total. The maximum absolute atomic E-state index is 5.33. The number of para-hydroxylation sites is 1. The van der Waals surface area contributed by atoms with Crippen LogP contribution in [0.3, 0.4) is 0 Å². The molecule has 1 atom stereocenters. The van der Waals surface area contributed by atoms with Crippen molar-refractivity contribution in [3.8, 4) is 0 Å². The summed E-state index contributed by atoms with van der Waals surface area (Å²) in [6.07, 6.45) is -0.0626. The van der Waals surface area contributed by atoms with Crippen molar-refractivity contribution in [2.75, 3.05) is 20.8 Å². The molecule has 0 saturated carbocycles. The SMILES string of the molecule is COCC(OC)c1nc2ccccc2s1. The van der Waals surface area contributed by atoms with Crippen LogP contribution in [0.1, 0.15) is 11.1 Å². The van der Waals surface area contributed by atoms with E-state index >= 15 is 0 Å². The summed E-state index contributed by atoms with van der Waals surface area (Å²) in [5.41, 5.74) is 1.02. The highest BCUT2D eigenvalue weighted by molar-refractivity contribution is 7.18. The first-order valence-corrected chi connectivity index (χ1v) is 5.54. The molecule has 1 aromatic carbocycles. The standard InChI is InChI=1S/C11H13NO2S/c1-13-7-9(14-2)11-12-8-5-3-4-6-10(8)15-11/h3-6,9H,7H2,1-2H3. The van der Waals surface area contributed by atoms with Gasteiger partial charge in [0.2, 0.25) is 0 Å². The van der Waals surface area contributed by atoms with Gasteiger partial charge in [0.05, 0.1) is 16.8 Å². The van der Waals surface area contributed by atoms with Gasteiger partial charge in [-0.25, -0.2) is 4.98 Å². The van der Waals surface area contributed by atoms with Crippen LogP contribution in [-0.2, 0) is 9.47 Å². The molecule has 0 aliphatic rings. The highest BCUT2D eigenvalue weighted by Crippen LogP contribution is 2.27. The first kappa shape index (κ1) is 10.5. The van der Waals surface area contributed by atoms with Crippen LogP contribution >= 0.6 is 11.3 Å². The fourth-order valence-electron chi connectivity index (χ4n) is 1.42. The summed E-state index contributed by atoms with van der Waals surface area (Å²) in [5.74, 6) is 0. The second kappa shape index (κ2) is 4.70. The average Bonchev–Trinajstić information content (AvgIpc) is 2.69. The highest BCUT2D eigenvalue weighted by atomic mass is 32.1. The first-order chi connectivity index (χ1) is 7.35. The maximum atomic E-state index is 5.33. The van der Waals surface area contributed by atoms with Gasteiger partial charge < -0.3 is 9.47 Å². The number of methoxy groups -OCH3 is 2. The van der Waals surface area contributed by atoms with Crippen molar-refractivity contribution in [3.63, 3.8) is 0 Å². The van der Waals surface area contributed by atoms with Crippen molar-refractivity contribution < 1.29 is 9.47 Å². The van der Waals surface area contributed by atoms with Gasteiger partial charge in [-0.05, 0) is 12.1 Å². The Balaban J connectivity index is 2.34. The van der Waals surface area contributed by atoms with Gasteiger partial charge in [-0.15, -0.1) is 11.3 Å². The lowest BCUT2D eigenvalue weighted by Crippen LogP contribution is -2.07. The third kappa shape index (κ3) is 2.17. The van der Waals surface area contributed by atoms with Crippen molar-refractivity contribution in [1.82, 2.24) is 4.98 Å². The number of fused-ring (bicyclic) bond motifs is 1. The molecule has 80 valence electrons. The minimum absolute atomic E-state index is 0.0626. The van der Waals surface area contributed by atoms with E-state index in [-0.39, 0.29) is 6.10 Å². The van der Waals surface area contributed by atoms with E-state index < -0.39 is 0 Å². The van der Waals surface area contributed by atoms with Crippen LogP contribution in [0, 0.1) is 0 Å². The molecule has 0 bridgehead atoms. The fourth-order valence-corrected chi connectivity index (χ4v) is 2.45. The molecule has 0 amide bonds. The van der Waals surface area contributed by atoms with Gasteiger partial charge in [0.15, 0.2) is 0 Å². The second-order valence-electron chi connectivity index (χ2n) is 3.20. The van der Waals surface area contributed by atoms with Crippen LogP contribution in [0.25, 0.3) is 10.2 Å². The van der Waals surface area contributed by atoms with E-state index in [1.165, 1.54) is 4.70 Å². The maximum Gasteiger partial charge on any atom is 0.132 e. The highest BCUT2D eigenvalue weighted by Gasteiger charge is 2.14. The lowest BCUT2D eigenvalue weighted by atomic mass is 10.3. The third-order valence-electron chi connectivity index (χ3n) is 2.19. The van der Waals surface area contributed by atoms with Crippen LogP contribution in [0.5, 0.6) is 0 Å². The lowest BCUT2D eigenvalue weighted by molar-refractivity contribution is 0.0275. The topological polar surface area (TPSA) is 31.4 Å². The summed E-state index contributed by atoms with van der Waals surface area (Å²) in [4.78, 5) is 4.52. The molecule has 0 fully saturated rings. The Labute approximate surface area is 92.7 Å². The zero-order valence-corrected chi connectivity index (χ0v) is 9.58. The zero-order chi connectivity index (χ0) is 10.7. The molecule has 3 nitrogen and oxygen atoms in total. The van der Waals surface area contributed by atoms with E-state index in [9.17, 15) is 0 Å². The van der Waals surface area contributed by atoms with E-state index in [4.69, 9.17) is 9.47 Å². The summed E-state index contributed by atoms with van der Waals surface area (Å²) >= 11 is 1.65. The number of ether oxygens (including phenoxy) is 2. The molecule has 2 rings (SSSR count). The van der Waals surface area contributed by atoms with Gasteiger partial charge in [-0.1, -0.05) is 12.1 Å². The smallest absolute Gasteiger partial charge is 0.132 e. The molecule has 1 unspecified atom stereocenters. The van der Waals surface area contributed by atoms with Crippen molar-refractivity contribution in [1.29, 1.82) is 0 Å². The Morgan fingerprint density at radius 2 is 2.13 bits per heavy atom. The van der Waals surface area contributed by atoms with Crippen molar-refractivity contribution in [3.05, 3.63) is 29.3 Å². The summed E-state index contributed by atoms with van der Waals surface area (Å²) < 4.78 is 11.6. The molecular formula is C11H13NO2S. The molecular weight excluding hydrogens is 210 g/mol. The van der Waals surface area contributed by atoms with Gasteiger partial charge >= 0.3 is 0 Å². The first-order valence-electron chi connectivity index (χ1n) is 4.72. The lowest BCUT2D eigenvalue weighted by Gasteiger charge is -2.10. The Morgan fingerprint density at radius 3 is 2.80 bits per heavy atom. The number of aromatic nitrogens is 1. The Bertz CT molecular complexity index is 408. The largest absolute Gasteiger partial charge is 0.382 e. The molecule has 0 radical (unpaired) electrons. The van der Waals surface area contributed by atoms with Crippen LogP contribution in [0.2, 0.25) is 0 Å². The summed E-state index contributed by atoms with van der Waals surface area (Å²) in [5, 5.41) is 0.973. The summed E-state index contributed by atoms with van der Waals surface area (Å²) in [7, 11) is 3.34. The van der Waals surface area contributed by atoms with Gasteiger partial charge in [-0.2, -0.15) is 0 Å². The summed E-state index contributed by atoms with van der Waals surface area (Å²) in [6, 6.07) is 8.08. The molecule has 15 heavy (non-hydrogen) atoms. The minimum Gasteiger partial charge on any atom is -0.382 e. The van der Waals surface area contributed by atoms with Gasteiger partial charge in [0.1, 0.15) is 11.1 Å². The van der Waals surface area contributed by atoms with E-state index in [1.54, 1.807) is 25.6 Å². The quantitative estimate of drug-likeness (QED) is 0.798. The Hall–Kier alpha value is -0.970. The van der Waals surface area contributed by atoms with Crippen LogP contribution < -0.4 is 0 Å². The third-order valence-corrected chi connectivity index (χ3v) is 3.32. The van der Waals surface area contributed by atoms with E-state index in [0.717, 1.165) is 10.5 Å². The van der Waals surface area contributed by atoms with E-state index in [2.05, 4.69) is 11.1 Å². The van der Waals surface area contributed by atoms with Crippen molar-refractivity contribution >= 4 is 21.6 Å². The Morgan fingerprint density at radius 1 is 1.33 bits per heavy atom. The zero-order valence-electron chi connectivity index (χ0n) is 8.77. The minimum atomic E-state index is -0.0626. The average molecular weight is 223 g/mol. The van der Waals surface area contributed by atoms with E-state index in [0.29, 0.717) is 6.61 Å². The van der Waals surface area contributed by atoms with Crippen molar-refractivity contribution in [2.45, 2.75) is 6.10 Å². The molecule has 1 aromatic heterocycles. The van der Waals surface area contributed by atoms with Crippen LogP contribution in [0.4, 0.5) is 0 Å². The summed E-state index contributed by atoms with van der Waals surface area (Å²) in [6.45, 7) is 0.538. The number of rotatable bonds is 4. The van der Waals surface area contributed by atoms with Gasteiger partial charge in [0, 0.05) is 14.2 Å². The monoisotopic (exact) mass is 223 g/mol. The predicted octanol–water partition coefficient (Wildman–Crippen LogP) is 2.63. The van der Waals surface area contributed by atoms with E-state index in [1.807, 2.05) is 18.2 Å².